The number of aryl methyl sites for hydroxylation is 2. The first-order chi connectivity index (χ1) is 9.16. The lowest BCUT2D eigenvalue weighted by atomic mass is 10.3. The Morgan fingerprint density at radius 1 is 1.32 bits per heavy atom. The van der Waals surface area contributed by atoms with Crippen molar-refractivity contribution in [3.05, 3.63) is 40.8 Å². The summed E-state index contributed by atoms with van der Waals surface area (Å²) < 4.78 is 3.65. The second-order valence-corrected chi connectivity index (χ2v) is 5.48. The van der Waals surface area contributed by atoms with Crippen LogP contribution in [-0.4, -0.2) is 24.4 Å². The monoisotopic (exact) mass is 293 g/mol. The predicted molar refractivity (Wildman–Crippen MR) is 75.5 cm³/mol. The largest absolute Gasteiger partial charge is 0.277 e. The number of rotatable bonds is 3. The smallest absolute Gasteiger partial charge is 0.195 e. The van der Waals surface area contributed by atoms with E-state index in [0.29, 0.717) is 5.15 Å². The molecule has 0 unspecified atom stereocenters. The molecule has 19 heavy (non-hydrogen) atoms. The minimum Gasteiger partial charge on any atom is -0.277 e. The lowest BCUT2D eigenvalue weighted by molar-refractivity contribution is 0.757. The van der Waals surface area contributed by atoms with E-state index in [0.717, 1.165) is 27.8 Å². The molecule has 0 radical (unpaired) electrons. The lowest BCUT2D eigenvalue weighted by Crippen LogP contribution is -1.90. The first-order valence-electron chi connectivity index (χ1n) is 5.77. The van der Waals surface area contributed by atoms with E-state index in [1.54, 1.807) is 16.4 Å². The minimum absolute atomic E-state index is 0.679. The number of halogens is 1. The molecule has 0 N–H and O–H groups in total. The molecule has 0 amide bonds. The van der Waals surface area contributed by atoms with E-state index < -0.39 is 0 Å². The third-order valence-corrected chi connectivity index (χ3v) is 4.34. The molecule has 0 aliphatic carbocycles. The van der Waals surface area contributed by atoms with Gasteiger partial charge < -0.3 is 0 Å². The maximum Gasteiger partial charge on any atom is 0.195 e. The molecule has 3 rings (SSSR count). The molecular weight excluding hydrogens is 282 g/mol. The van der Waals surface area contributed by atoms with E-state index in [1.165, 1.54) is 0 Å². The number of aromatic nitrogens is 5. The third kappa shape index (κ3) is 2.21. The Hall–Kier alpha value is -1.53. The van der Waals surface area contributed by atoms with E-state index in [1.807, 2.05) is 42.8 Å². The molecule has 0 saturated carbocycles. The van der Waals surface area contributed by atoms with Crippen molar-refractivity contribution in [2.45, 2.75) is 17.8 Å². The van der Waals surface area contributed by atoms with Gasteiger partial charge in [-0.2, -0.15) is 5.10 Å². The van der Waals surface area contributed by atoms with Crippen molar-refractivity contribution in [1.29, 1.82) is 0 Å². The maximum absolute atomic E-state index is 6.22. The van der Waals surface area contributed by atoms with Crippen LogP contribution in [0.2, 0.25) is 5.15 Å². The molecule has 7 heteroatoms. The highest BCUT2D eigenvalue weighted by molar-refractivity contribution is 7.98. The van der Waals surface area contributed by atoms with Gasteiger partial charge in [-0.1, -0.05) is 29.4 Å². The topological polar surface area (TPSA) is 48.0 Å². The molecule has 0 atom stereocenters. The molecule has 0 aliphatic heterocycles. The van der Waals surface area contributed by atoms with Crippen LogP contribution in [-0.2, 0) is 12.8 Å². The van der Waals surface area contributed by atoms with Crippen LogP contribution in [0.25, 0.3) is 5.65 Å². The highest BCUT2D eigenvalue weighted by atomic mass is 35.5. The number of pyridine rings is 1. The van der Waals surface area contributed by atoms with Crippen LogP contribution in [0.15, 0.2) is 29.6 Å². The Labute approximate surface area is 119 Å². The summed E-state index contributed by atoms with van der Waals surface area (Å²) in [5, 5.41) is 14.1. The summed E-state index contributed by atoms with van der Waals surface area (Å²) in [4.78, 5) is 0. The lowest BCUT2D eigenvalue weighted by Gasteiger charge is -2.00. The number of hydrogen-bond acceptors (Lipinski definition) is 4. The van der Waals surface area contributed by atoms with Crippen LogP contribution >= 0.6 is 23.4 Å². The normalized spacial score (nSPS) is 11.3. The van der Waals surface area contributed by atoms with Crippen LogP contribution in [0.1, 0.15) is 11.3 Å². The Balaban J connectivity index is 1.86. The molecule has 3 aromatic heterocycles. The Kier molecular flexibility index (Phi) is 3.20. The van der Waals surface area contributed by atoms with Gasteiger partial charge in [-0.05, 0) is 19.1 Å². The van der Waals surface area contributed by atoms with E-state index in [4.69, 9.17) is 11.6 Å². The summed E-state index contributed by atoms with van der Waals surface area (Å²) in [6.07, 6.45) is 1.95. The van der Waals surface area contributed by atoms with Gasteiger partial charge in [-0.25, -0.2) is 0 Å². The molecule has 0 aromatic carbocycles. The van der Waals surface area contributed by atoms with Crippen LogP contribution < -0.4 is 0 Å². The highest BCUT2D eigenvalue weighted by Gasteiger charge is 2.13. The fraction of sp³-hybridized carbons (Fsp3) is 0.250. The van der Waals surface area contributed by atoms with Crippen molar-refractivity contribution in [1.82, 2.24) is 24.4 Å². The molecule has 3 aromatic rings. The summed E-state index contributed by atoms with van der Waals surface area (Å²) in [5.41, 5.74) is 2.84. The predicted octanol–water partition coefficient (Wildman–Crippen LogP) is 2.72. The van der Waals surface area contributed by atoms with Crippen molar-refractivity contribution >= 4 is 29.0 Å². The number of nitrogens with zero attached hydrogens (tertiary/aromatic N) is 5. The summed E-state index contributed by atoms with van der Waals surface area (Å²) in [6.45, 7) is 1.96. The Bertz CT molecular complexity index is 733. The van der Waals surface area contributed by atoms with E-state index in [2.05, 4.69) is 15.3 Å². The average molecular weight is 294 g/mol. The molecular formula is C12H12ClN5S. The summed E-state index contributed by atoms with van der Waals surface area (Å²) in [5.74, 6) is 0.730. The van der Waals surface area contributed by atoms with Crippen LogP contribution in [0.5, 0.6) is 0 Å². The maximum atomic E-state index is 6.22. The van der Waals surface area contributed by atoms with E-state index >= 15 is 0 Å². The van der Waals surface area contributed by atoms with Gasteiger partial charge >= 0.3 is 0 Å². The molecule has 98 valence electrons. The third-order valence-electron chi connectivity index (χ3n) is 2.90. The minimum atomic E-state index is 0.679. The zero-order chi connectivity index (χ0) is 13.4. The van der Waals surface area contributed by atoms with Crippen molar-refractivity contribution in [2.75, 3.05) is 0 Å². The van der Waals surface area contributed by atoms with Crippen LogP contribution in [0.4, 0.5) is 0 Å². The van der Waals surface area contributed by atoms with Gasteiger partial charge in [-0.15, -0.1) is 10.2 Å². The van der Waals surface area contributed by atoms with Gasteiger partial charge in [0.2, 0.25) is 0 Å². The molecule has 0 bridgehead atoms. The summed E-state index contributed by atoms with van der Waals surface area (Å²) in [6, 6.07) is 5.84. The molecule has 0 saturated heterocycles. The van der Waals surface area contributed by atoms with Crippen molar-refractivity contribution in [3.8, 4) is 0 Å². The number of fused-ring (bicyclic) bond motifs is 1. The molecule has 0 spiro atoms. The standard InChI is InChI=1S/C12H12ClN5S/c1-8-9(11(13)17(2)16-8)7-19-12-15-14-10-5-3-4-6-18(10)12/h3-6H,7H2,1-2H3. The SMILES string of the molecule is Cc1nn(C)c(Cl)c1CSc1nnc2ccccn12. The molecule has 0 aliphatic rings. The van der Waals surface area contributed by atoms with Crippen LogP contribution in [0.3, 0.4) is 0 Å². The van der Waals surface area contributed by atoms with Crippen molar-refractivity contribution in [3.63, 3.8) is 0 Å². The zero-order valence-electron chi connectivity index (χ0n) is 10.5. The average Bonchev–Trinajstić information content (AvgIpc) is 2.91. The second-order valence-electron chi connectivity index (χ2n) is 4.18. The first kappa shape index (κ1) is 12.5. The molecule has 3 heterocycles. The van der Waals surface area contributed by atoms with E-state index in [9.17, 15) is 0 Å². The number of hydrogen-bond donors (Lipinski definition) is 0. The number of thioether (sulfide) groups is 1. The Morgan fingerprint density at radius 2 is 2.16 bits per heavy atom. The summed E-state index contributed by atoms with van der Waals surface area (Å²) in [7, 11) is 1.84. The fourth-order valence-electron chi connectivity index (χ4n) is 1.89. The van der Waals surface area contributed by atoms with Gasteiger partial charge in [-0.3, -0.25) is 9.08 Å². The van der Waals surface area contributed by atoms with Gasteiger partial charge in [0.1, 0.15) is 5.15 Å². The summed E-state index contributed by atoms with van der Waals surface area (Å²) >= 11 is 7.82. The highest BCUT2D eigenvalue weighted by Crippen LogP contribution is 2.27. The van der Waals surface area contributed by atoms with Gasteiger partial charge in [0, 0.05) is 24.6 Å². The van der Waals surface area contributed by atoms with Gasteiger partial charge in [0.05, 0.1) is 5.69 Å². The molecule has 5 nitrogen and oxygen atoms in total. The first-order valence-corrected chi connectivity index (χ1v) is 7.13. The second kappa shape index (κ2) is 4.86. The fourth-order valence-corrected chi connectivity index (χ4v) is 3.22. The van der Waals surface area contributed by atoms with Crippen molar-refractivity contribution < 1.29 is 0 Å². The van der Waals surface area contributed by atoms with Gasteiger partial charge in [0.25, 0.3) is 0 Å². The van der Waals surface area contributed by atoms with Crippen LogP contribution in [0, 0.1) is 6.92 Å². The molecule has 0 fully saturated rings. The zero-order valence-corrected chi connectivity index (χ0v) is 12.1. The van der Waals surface area contributed by atoms with Gasteiger partial charge in [0.15, 0.2) is 10.8 Å². The Morgan fingerprint density at radius 3 is 2.89 bits per heavy atom. The quantitative estimate of drug-likeness (QED) is 0.697. The van der Waals surface area contributed by atoms with E-state index in [-0.39, 0.29) is 0 Å². The van der Waals surface area contributed by atoms with Crippen molar-refractivity contribution in [2.24, 2.45) is 7.05 Å².